The molecule has 0 saturated carbocycles. The number of methoxy groups -OCH3 is 1. The third kappa shape index (κ3) is 5.12. The van der Waals surface area contributed by atoms with Crippen molar-refractivity contribution >= 4 is 17.7 Å². The SMILES string of the molecule is COc1ccc(-n2c(CNC(=O)Cc3cccc(C(F)(F)F)c3)nnc2SC)cc1. The molecule has 10 heteroatoms. The Kier molecular flexibility index (Phi) is 6.66. The van der Waals surface area contributed by atoms with Gasteiger partial charge in [-0.1, -0.05) is 30.0 Å². The molecule has 0 aliphatic heterocycles. The van der Waals surface area contributed by atoms with Crippen LogP contribution in [-0.4, -0.2) is 34.0 Å². The maximum absolute atomic E-state index is 12.8. The van der Waals surface area contributed by atoms with E-state index in [0.29, 0.717) is 16.7 Å². The summed E-state index contributed by atoms with van der Waals surface area (Å²) in [5, 5.41) is 11.6. The molecule has 2 aromatic carbocycles. The number of amides is 1. The maximum Gasteiger partial charge on any atom is 0.416 e. The van der Waals surface area contributed by atoms with Gasteiger partial charge in [0.2, 0.25) is 5.91 Å². The predicted octanol–water partition coefficient (Wildman–Crippen LogP) is 3.88. The fourth-order valence-corrected chi connectivity index (χ4v) is 3.34. The van der Waals surface area contributed by atoms with E-state index in [1.54, 1.807) is 23.8 Å². The molecule has 0 spiro atoms. The Morgan fingerprint density at radius 3 is 2.53 bits per heavy atom. The van der Waals surface area contributed by atoms with Crippen molar-refractivity contribution in [1.29, 1.82) is 0 Å². The average molecular weight is 436 g/mol. The number of ether oxygens (including phenoxy) is 1. The fourth-order valence-electron chi connectivity index (χ4n) is 2.82. The van der Waals surface area contributed by atoms with Gasteiger partial charge < -0.3 is 10.1 Å². The Labute approximate surface area is 175 Å². The Hall–Kier alpha value is -3.01. The highest BCUT2D eigenvalue weighted by Gasteiger charge is 2.30. The average Bonchev–Trinajstić information content (AvgIpc) is 3.15. The first-order chi connectivity index (χ1) is 14.3. The summed E-state index contributed by atoms with van der Waals surface area (Å²) in [7, 11) is 1.58. The maximum atomic E-state index is 12.8. The lowest BCUT2D eigenvalue weighted by molar-refractivity contribution is -0.137. The van der Waals surface area contributed by atoms with E-state index < -0.39 is 17.6 Å². The zero-order chi connectivity index (χ0) is 21.7. The number of carbonyl (C=O) groups excluding carboxylic acids is 1. The standard InChI is InChI=1S/C20H19F3N4O2S/c1-29-16-8-6-15(7-9-16)27-17(25-26-19(27)30-2)12-24-18(28)11-13-4-3-5-14(10-13)20(21,22)23/h3-10H,11-12H2,1-2H3,(H,24,28). The van der Waals surface area contributed by atoms with Crippen molar-refractivity contribution < 1.29 is 22.7 Å². The highest BCUT2D eigenvalue weighted by Crippen LogP contribution is 2.29. The number of rotatable bonds is 7. The van der Waals surface area contributed by atoms with Crippen molar-refractivity contribution in [1.82, 2.24) is 20.1 Å². The van der Waals surface area contributed by atoms with Crippen molar-refractivity contribution in [2.45, 2.75) is 24.3 Å². The minimum Gasteiger partial charge on any atom is -0.497 e. The van der Waals surface area contributed by atoms with Crippen LogP contribution in [0, 0.1) is 0 Å². The lowest BCUT2D eigenvalue weighted by Gasteiger charge is -2.11. The molecule has 0 atom stereocenters. The third-order valence-corrected chi connectivity index (χ3v) is 4.91. The van der Waals surface area contributed by atoms with E-state index in [-0.39, 0.29) is 18.5 Å². The second-order valence-electron chi connectivity index (χ2n) is 6.29. The van der Waals surface area contributed by atoms with Gasteiger partial charge in [-0.3, -0.25) is 9.36 Å². The molecule has 0 bridgehead atoms. The van der Waals surface area contributed by atoms with Crippen LogP contribution < -0.4 is 10.1 Å². The molecule has 1 aromatic heterocycles. The number of nitrogens with one attached hydrogen (secondary N) is 1. The Morgan fingerprint density at radius 2 is 1.90 bits per heavy atom. The number of nitrogens with zero attached hydrogens (tertiary/aromatic N) is 3. The number of aromatic nitrogens is 3. The van der Waals surface area contributed by atoms with Gasteiger partial charge in [-0.25, -0.2) is 0 Å². The zero-order valence-corrected chi connectivity index (χ0v) is 17.0. The summed E-state index contributed by atoms with van der Waals surface area (Å²) in [6.07, 6.45) is -2.76. The third-order valence-electron chi connectivity index (χ3n) is 4.28. The molecule has 30 heavy (non-hydrogen) atoms. The number of hydrogen-bond donors (Lipinski definition) is 1. The summed E-state index contributed by atoms with van der Waals surface area (Å²) < 4.78 is 45.5. The highest BCUT2D eigenvalue weighted by atomic mass is 32.2. The van der Waals surface area contributed by atoms with Crippen LogP contribution >= 0.6 is 11.8 Å². The second-order valence-corrected chi connectivity index (χ2v) is 7.06. The fraction of sp³-hybridized carbons (Fsp3) is 0.250. The molecule has 1 amide bonds. The minimum atomic E-state index is -4.45. The summed E-state index contributed by atoms with van der Waals surface area (Å²) in [5.74, 6) is 0.791. The number of benzene rings is 2. The number of alkyl halides is 3. The quantitative estimate of drug-likeness (QED) is 0.570. The molecule has 0 aliphatic carbocycles. The largest absolute Gasteiger partial charge is 0.497 e. The van der Waals surface area contributed by atoms with E-state index in [2.05, 4.69) is 15.5 Å². The van der Waals surface area contributed by atoms with Gasteiger partial charge in [0.1, 0.15) is 5.75 Å². The minimum absolute atomic E-state index is 0.0807. The van der Waals surface area contributed by atoms with E-state index in [1.165, 1.54) is 23.9 Å². The lowest BCUT2D eigenvalue weighted by atomic mass is 10.1. The van der Waals surface area contributed by atoms with Gasteiger partial charge in [0, 0.05) is 5.69 Å². The van der Waals surface area contributed by atoms with Crippen LogP contribution in [0.3, 0.4) is 0 Å². The van der Waals surface area contributed by atoms with Gasteiger partial charge in [-0.15, -0.1) is 10.2 Å². The molecule has 0 unspecified atom stereocenters. The highest BCUT2D eigenvalue weighted by molar-refractivity contribution is 7.98. The topological polar surface area (TPSA) is 69.0 Å². The van der Waals surface area contributed by atoms with Crippen LogP contribution in [0.4, 0.5) is 13.2 Å². The summed E-state index contributed by atoms with van der Waals surface area (Å²) in [5.41, 5.74) is 0.299. The second kappa shape index (κ2) is 9.21. The first-order valence-electron chi connectivity index (χ1n) is 8.87. The first-order valence-corrected chi connectivity index (χ1v) is 10.1. The van der Waals surface area contributed by atoms with Gasteiger partial charge in [0.05, 0.1) is 25.6 Å². The Bertz CT molecular complexity index is 1020. The number of hydrogen-bond acceptors (Lipinski definition) is 5. The van der Waals surface area contributed by atoms with Crippen molar-refractivity contribution in [3.05, 3.63) is 65.5 Å². The number of carbonyl (C=O) groups is 1. The molecule has 0 fully saturated rings. The lowest BCUT2D eigenvalue weighted by Crippen LogP contribution is -2.26. The summed E-state index contributed by atoms with van der Waals surface area (Å²) in [6.45, 7) is 0.0807. The van der Waals surface area contributed by atoms with Gasteiger partial charge >= 0.3 is 6.18 Å². The van der Waals surface area contributed by atoms with Crippen LogP contribution in [0.15, 0.2) is 53.7 Å². The molecule has 1 N–H and O–H groups in total. The molecular weight excluding hydrogens is 417 g/mol. The van der Waals surface area contributed by atoms with Crippen LogP contribution in [0.1, 0.15) is 17.0 Å². The van der Waals surface area contributed by atoms with Crippen LogP contribution in [-0.2, 0) is 23.9 Å². The van der Waals surface area contributed by atoms with Crippen molar-refractivity contribution in [3.63, 3.8) is 0 Å². The molecule has 3 rings (SSSR count). The molecule has 6 nitrogen and oxygen atoms in total. The van der Waals surface area contributed by atoms with Gasteiger partial charge in [0.15, 0.2) is 11.0 Å². The van der Waals surface area contributed by atoms with E-state index in [1.807, 2.05) is 18.4 Å². The van der Waals surface area contributed by atoms with Gasteiger partial charge in [0.25, 0.3) is 0 Å². The molecule has 3 aromatic rings. The monoisotopic (exact) mass is 436 g/mol. The number of halogens is 3. The molecule has 0 aliphatic rings. The normalized spacial score (nSPS) is 11.4. The molecular formula is C20H19F3N4O2S. The van der Waals surface area contributed by atoms with Crippen LogP contribution in [0.5, 0.6) is 5.75 Å². The van der Waals surface area contributed by atoms with E-state index >= 15 is 0 Å². The van der Waals surface area contributed by atoms with Crippen molar-refractivity contribution in [3.8, 4) is 11.4 Å². The number of thioether (sulfide) groups is 1. The summed E-state index contributed by atoms with van der Waals surface area (Å²) >= 11 is 1.40. The van der Waals surface area contributed by atoms with Gasteiger partial charge in [-0.05, 0) is 42.2 Å². The van der Waals surface area contributed by atoms with Crippen LogP contribution in [0.25, 0.3) is 5.69 Å². The predicted molar refractivity (Wildman–Crippen MR) is 107 cm³/mol. The zero-order valence-electron chi connectivity index (χ0n) is 16.2. The van der Waals surface area contributed by atoms with E-state index in [4.69, 9.17) is 4.74 Å². The molecule has 0 radical (unpaired) electrons. The van der Waals surface area contributed by atoms with Gasteiger partial charge in [-0.2, -0.15) is 13.2 Å². The summed E-state index contributed by atoms with van der Waals surface area (Å²) in [4.78, 5) is 12.3. The Balaban J connectivity index is 1.71. The molecule has 1 heterocycles. The smallest absolute Gasteiger partial charge is 0.416 e. The van der Waals surface area contributed by atoms with Crippen molar-refractivity contribution in [2.75, 3.05) is 13.4 Å². The van der Waals surface area contributed by atoms with E-state index in [9.17, 15) is 18.0 Å². The van der Waals surface area contributed by atoms with Crippen LogP contribution in [0.2, 0.25) is 0 Å². The molecule has 158 valence electrons. The first kappa shape index (κ1) is 21.7. The summed E-state index contributed by atoms with van der Waals surface area (Å²) in [6, 6.07) is 12.0. The molecule has 0 saturated heterocycles. The van der Waals surface area contributed by atoms with E-state index in [0.717, 1.165) is 17.8 Å². The van der Waals surface area contributed by atoms with Crippen molar-refractivity contribution in [2.24, 2.45) is 0 Å². The Morgan fingerprint density at radius 1 is 1.17 bits per heavy atom.